The first kappa shape index (κ1) is 14.1. The molecule has 2 aliphatic heterocycles. The molecule has 2 amide bonds. The number of fused-ring (bicyclic) bond motifs is 1. The molecule has 0 aromatic heterocycles. The molecule has 2 aliphatic rings. The van der Waals surface area contributed by atoms with Crippen molar-refractivity contribution in [2.45, 2.75) is 31.3 Å². The van der Waals surface area contributed by atoms with Gasteiger partial charge in [0.25, 0.3) is 0 Å². The molecule has 0 aliphatic carbocycles. The second-order valence-corrected chi connectivity index (χ2v) is 5.51. The Morgan fingerprint density at radius 3 is 3.05 bits per heavy atom. The van der Waals surface area contributed by atoms with Gasteiger partial charge in [-0.1, -0.05) is 12.1 Å². The minimum Gasteiger partial charge on any atom is -0.490 e. The van der Waals surface area contributed by atoms with Gasteiger partial charge in [0.1, 0.15) is 0 Å². The number of urea groups is 1. The predicted molar refractivity (Wildman–Crippen MR) is 76.8 cm³/mol. The smallest absolute Gasteiger partial charge is 0.315 e. The SMILES string of the molecule is O=C(N[C@@H]1CCCNC1)N[C@H]1CCOc2c(F)cccc21. The topological polar surface area (TPSA) is 62.4 Å². The van der Waals surface area contributed by atoms with Crippen LogP contribution in [-0.4, -0.2) is 31.8 Å². The summed E-state index contributed by atoms with van der Waals surface area (Å²) in [4.78, 5) is 12.1. The second kappa shape index (κ2) is 6.30. The van der Waals surface area contributed by atoms with E-state index in [-0.39, 0.29) is 29.7 Å². The molecule has 2 atom stereocenters. The third-order valence-corrected chi connectivity index (χ3v) is 3.96. The summed E-state index contributed by atoms with van der Waals surface area (Å²) in [5.41, 5.74) is 0.707. The van der Waals surface area contributed by atoms with Crippen LogP contribution in [0.5, 0.6) is 5.75 Å². The molecule has 3 rings (SSSR count). The first-order valence-corrected chi connectivity index (χ1v) is 7.43. The van der Waals surface area contributed by atoms with E-state index in [1.165, 1.54) is 6.07 Å². The number of halogens is 1. The zero-order valence-electron chi connectivity index (χ0n) is 11.8. The van der Waals surface area contributed by atoms with E-state index in [2.05, 4.69) is 16.0 Å². The van der Waals surface area contributed by atoms with Crippen LogP contribution in [0.15, 0.2) is 18.2 Å². The van der Waals surface area contributed by atoms with Crippen molar-refractivity contribution in [2.75, 3.05) is 19.7 Å². The molecule has 1 fully saturated rings. The van der Waals surface area contributed by atoms with Gasteiger partial charge in [0.15, 0.2) is 11.6 Å². The molecule has 1 aromatic carbocycles. The Kier molecular flexibility index (Phi) is 4.24. The lowest BCUT2D eigenvalue weighted by molar-refractivity contribution is 0.215. The van der Waals surface area contributed by atoms with Gasteiger partial charge in [-0.05, 0) is 25.5 Å². The number of carbonyl (C=O) groups is 1. The van der Waals surface area contributed by atoms with Gasteiger partial charge in [-0.15, -0.1) is 0 Å². The molecule has 1 aromatic rings. The summed E-state index contributed by atoms with van der Waals surface area (Å²) in [6, 6.07) is 4.55. The maximum Gasteiger partial charge on any atom is 0.315 e. The number of piperidine rings is 1. The third-order valence-electron chi connectivity index (χ3n) is 3.96. The molecule has 0 bridgehead atoms. The summed E-state index contributed by atoms with van der Waals surface area (Å²) in [5.74, 6) is -0.121. The van der Waals surface area contributed by atoms with Crippen LogP contribution in [0.1, 0.15) is 30.9 Å². The average Bonchev–Trinajstić information content (AvgIpc) is 2.49. The zero-order chi connectivity index (χ0) is 14.7. The molecule has 114 valence electrons. The molecular weight excluding hydrogens is 273 g/mol. The first-order valence-electron chi connectivity index (χ1n) is 7.43. The highest BCUT2D eigenvalue weighted by Gasteiger charge is 2.26. The molecule has 0 unspecified atom stereocenters. The molecule has 0 spiro atoms. The normalized spacial score (nSPS) is 24.6. The first-order chi connectivity index (χ1) is 10.2. The van der Waals surface area contributed by atoms with E-state index in [4.69, 9.17) is 4.74 Å². The molecule has 0 radical (unpaired) electrons. The van der Waals surface area contributed by atoms with Crippen LogP contribution >= 0.6 is 0 Å². The number of benzene rings is 1. The Balaban J connectivity index is 1.63. The highest BCUT2D eigenvalue weighted by Crippen LogP contribution is 2.33. The van der Waals surface area contributed by atoms with Crippen molar-refractivity contribution in [2.24, 2.45) is 0 Å². The monoisotopic (exact) mass is 293 g/mol. The third kappa shape index (κ3) is 3.26. The number of hydrogen-bond donors (Lipinski definition) is 3. The van der Waals surface area contributed by atoms with Crippen LogP contribution in [0, 0.1) is 5.82 Å². The number of ether oxygens (including phenoxy) is 1. The molecule has 3 N–H and O–H groups in total. The van der Waals surface area contributed by atoms with Gasteiger partial charge in [0, 0.05) is 24.6 Å². The van der Waals surface area contributed by atoms with Crippen molar-refractivity contribution in [3.8, 4) is 5.75 Å². The van der Waals surface area contributed by atoms with Crippen LogP contribution in [0.2, 0.25) is 0 Å². The minimum atomic E-state index is -0.379. The van der Waals surface area contributed by atoms with E-state index in [0.29, 0.717) is 18.6 Å². The van der Waals surface area contributed by atoms with Crippen molar-refractivity contribution in [3.63, 3.8) is 0 Å². The summed E-state index contributed by atoms with van der Waals surface area (Å²) >= 11 is 0. The van der Waals surface area contributed by atoms with E-state index in [1.807, 2.05) is 0 Å². The van der Waals surface area contributed by atoms with E-state index in [9.17, 15) is 9.18 Å². The molecule has 6 heteroatoms. The number of para-hydroxylation sites is 1. The van der Waals surface area contributed by atoms with Crippen LogP contribution in [0.3, 0.4) is 0 Å². The highest BCUT2D eigenvalue weighted by molar-refractivity contribution is 5.75. The van der Waals surface area contributed by atoms with Crippen molar-refractivity contribution in [1.82, 2.24) is 16.0 Å². The quantitative estimate of drug-likeness (QED) is 0.778. The molecule has 1 saturated heterocycles. The zero-order valence-corrected chi connectivity index (χ0v) is 11.8. The maximum atomic E-state index is 13.7. The fourth-order valence-electron chi connectivity index (χ4n) is 2.90. The molecule has 5 nitrogen and oxygen atoms in total. The molecule has 2 heterocycles. The average molecular weight is 293 g/mol. The van der Waals surface area contributed by atoms with Crippen molar-refractivity contribution in [3.05, 3.63) is 29.6 Å². The van der Waals surface area contributed by atoms with Gasteiger partial charge < -0.3 is 20.7 Å². The van der Waals surface area contributed by atoms with Crippen molar-refractivity contribution >= 4 is 6.03 Å². The Morgan fingerprint density at radius 1 is 1.33 bits per heavy atom. The van der Waals surface area contributed by atoms with Crippen LogP contribution in [-0.2, 0) is 0 Å². The van der Waals surface area contributed by atoms with E-state index in [0.717, 1.165) is 25.9 Å². The van der Waals surface area contributed by atoms with Gasteiger partial charge in [-0.25, -0.2) is 9.18 Å². The lowest BCUT2D eigenvalue weighted by Crippen LogP contribution is -2.50. The summed E-state index contributed by atoms with van der Waals surface area (Å²) in [7, 11) is 0. The van der Waals surface area contributed by atoms with Crippen molar-refractivity contribution in [1.29, 1.82) is 0 Å². The number of carbonyl (C=O) groups excluding carboxylic acids is 1. The fourth-order valence-corrected chi connectivity index (χ4v) is 2.90. The van der Waals surface area contributed by atoms with E-state index in [1.54, 1.807) is 12.1 Å². The van der Waals surface area contributed by atoms with Crippen LogP contribution < -0.4 is 20.7 Å². The molecule has 0 saturated carbocycles. The van der Waals surface area contributed by atoms with Gasteiger partial charge in [-0.2, -0.15) is 0 Å². The highest BCUT2D eigenvalue weighted by atomic mass is 19.1. The van der Waals surface area contributed by atoms with E-state index < -0.39 is 0 Å². The lowest BCUT2D eigenvalue weighted by atomic mass is 10.0. The van der Waals surface area contributed by atoms with Gasteiger partial charge >= 0.3 is 6.03 Å². The maximum absolute atomic E-state index is 13.7. The second-order valence-electron chi connectivity index (χ2n) is 5.51. The summed E-state index contributed by atoms with van der Waals surface area (Å²) in [6.45, 7) is 2.21. The Morgan fingerprint density at radius 2 is 2.24 bits per heavy atom. The standard InChI is InChI=1S/C15H20FN3O2/c16-12-5-1-4-11-13(6-8-21-14(11)12)19-15(20)18-10-3-2-7-17-9-10/h1,4-5,10,13,17H,2-3,6-9H2,(H2,18,19,20)/t10-,13+/m1/s1. The van der Waals surface area contributed by atoms with Crippen molar-refractivity contribution < 1.29 is 13.9 Å². The van der Waals surface area contributed by atoms with Crippen LogP contribution in [0.25, 0.3) is 0 Å². The van der Waals surface area contributed by atoms with Gasteiger partial charge in [0.2, 0.25) is 0 Å². The summed E-state index contributed by atoms with van der Waals surface area (Å²) in [6.07, 6.45) is 2.70. The minimum absolute atomic E-state index is 0.158. The largest absolute Gasteiger partial charge is 0.490 e. The van der Waals surface area contributed by atoms with Crippen LogP contribution in [0.4, 0.5) is 9.18 Å². The number of rotatable bonds is 2. The fraction of sp³-hybridized carbons (Fsp3) is 0.533. The summed E-state index contributed by atoms with van der Waals surface area (Å²) < 4.78 is 19.1. The van der Waals surface area contributed by atoms with Gasteiger partial charge in [-0.3, -0.25) is 0 Å². The number of amides is 2. The Hall–Kier alpha value is -1.82. The van der Waals surface area contributed by atoms with Gasteiger partial charge in [0.05, 0.1) is 12.6 Å². The Bertz CT molecular complexity index is 518. The molecule has 21 heavy (non-hydrogen) atoms. The van der Waals surface area contributed by atoms with E-state index >= 15 is 0 Å². The number of nitrogens with one attached hydrogen (secondary N) is 3. The Labute approximate surface area is 123 Å². The number of hydrogen-bond acceptors (Lipinski definition) is 3. The molecular formula is C15H20FN3O2. The predicted octanol–water partition coefficient (Wildman–Crippen LogP) is 1.70. The lowest BCUT2D eigenvalue weighted by Gasteiger charge is -2.29. The summed E-state index contributed by atoms with van der Waals surface area (Å²) in [5, 5.41) is 9.14.